The third kappa shape index (κ3) is 1.40. The highest BCUT2D eigenvalue weighted by molar-refractivity contribution is 6.36. The predicted molar refractivity (Wildman–Crippen MR) is 39.2 cm³/mol. The average Bonchev–Trinajstić information content (AvgIpc) is 2.38. The van der Waals surface area contributed by atoms with Crippen LogP contribution in [-0.4, -0.2) is 13.3 Å². The van der Waals surface area contributed by atoms with Crippen molar-refractivity contribution in [3.8, 4) is 0 Å². The number of amides is 1. The van der Waals surface area contributed by atoms with E-state index >= 15 is 0 Å². The summed E-state index contributed by atoms with van der Waals surface area (Å²) in [6, 6.07) is 3.32. The molecule has 3 nitrogen and oxygen atoms in total. The van der Waals surface area contributed by atoms with Crippen LogP contribution in [0.4, 0.5) is 0 Å². The largest absolute Gasteiger partial charge is 0.459 e. The molecule has 10 heavy (non-hydrogen) atoms. The molecule has 0 saturated carbocycles. The lowest BCUT2D eigenvalue weighted by Gasteiger charge is -1.94. The summed E-state index contributed by atoms with van der Waals surface area (Å²) < 4.78 is 4.84. The van der Waals surface area contributed by atoms with Crippen molar-refractivity contribution in [3.63, 3.8) is 0 Å². The van der Waals surface area contributed by atoms with Gasteiger partial charge in [-0.25, -0.2) is 0 Å². The topological polar surface area (TPSA) is 42.2 Å². The van der Waals surface area contributed by atoms with E-state index < -0.39 is 0 Å². The first kappa shape index (κ1) is 6.93. The van der Waals surface area contributed by atoms with Crippen LogP contribution in [0.15, 0.2) is 22.8 Å². The molecule has 1 N–H and O–H groups in total. The predicted octanol–water partition coefficient (Wildman–Crippen LogP) is 0.409. The molecule has 0 aliphatic carbocycles. The van der Waals surface area contributed by atoms with Crippen molar-refractivity contribution in [1.29, 1.82) is 0 Å². The maximum Gasteiger partial charge on any atom is 0.274 e. The highest BCUT2D eigenvalue weighted by atomic mass is 16.3. The Kier molecular flexibility index (Phi) is 2.15. The molecule has 0 aromatic carbocycles. The standard InChI is InChI=1S/C6H8BNO2/c1-7-8-6(9)5-3-2-4-10-5/h2-4,7H,1H3,(H,8,9). The average molecular weight is 137 g/mol. The summed E-state index contributed by atoms with van der Waals surface area (Å²) in [7, 11) is 0.625. The fourth-order valence-electron chi connectivity index (χ4n) is 0.655. The quantitative estimate of drug-likeness (QED) is 0.599. The number of furan rings is 1. The van der Waals surface area contributed by atoms with E-state index in [0.29, 0.717) is 13.2 Å². The minimum atomic E-state index is -0.160. The second kappa shape index (κ2) is 3.10. The van der Waals surface area contributed by atoms with Gasteiger partial charge in [0.25, 0.3) is 5.91 Å². The monoisotopic (exact) mass is 137 g/mol. The van der Waals surface area contributed by atoms with Gasteiger partial charge in [0.2, 0.25) is 7.41 Å². The van der Waals surface area contributed by atoms with Crippen molar-refractivity contribution in [1.82, 2.24) is 5.23 Å². The summed E-state index contributed by atoms with van der Waals surface area (Å²) in [5.74, 6) is 0.203. The molecule has 0 bridgehead atoms. The van der Waals surface area contributed by atoms with E-state index in [2.05, 4.69) is 5.23 Å². The van der Waals surface area contributed by atoms with Gasteiger partial charge in [0, 0.05) is 0 Å². The van der Waals surface area contributed by atoms with E-state index in [1.54, 1.807) is 12.1 Å². The first-order valence-electron chi connectivity index (χ1n) is 3.16. The number of nitrogens with one attached hydrogen (secondary N) is 1. The normalized spacial score (nSPS) is 8.90. The highest BCUT2D eigenvalue weighted by Crippen LogP contribution is 1.97. The number of carbonyl (C=O) groups is 1. The number of rotatable bonds is 2. The van der Waals surface area contributed by atoms with Gasteiger partial charge in [0.05, 0.1) is 6.26 Å². The lowest BCUT2D eigenvalue weighted by Crippen LogP contribution is -2.24. The molecule has 1 heterocycles. The SMILES string of the molecule is CBNC(=O)c1ccco1. The van der Waals surface area contributed by atoms with Crippen molar-refractivity contribution >= 4 is 13.3 Å². The molecule has 0 unspecified atom stereocenters. The third-order valence-electron chi connectivity index (χ3n) is 1.08. The Balaban J connectivity index is 2.59. The van der Waals surface area contributed by atoms with Gasteiger partial charge in [-0.15, -0.1) is 0 Å². The Morgan fingerprint density at radius 2 is 2.60 bits per heavy atom. The Labute approximate surface area is 59.7 Å². The van der Waals surface area contributed by atoms with Gasteiger partial charge in [0.15, 0.2) is 5.76 Å². The zero-order valence-corrected chi connectivity index (χ0v) is 5.76. The number of hydrogen-bond donors (Lipinski definition) is 1. The van der Waals surface area contributed by atoms with E-state index in [1.165, 1.54) is 6.26 Å². The zero-order valence-electron chi connectivity index (χ0n) is 5.76. The summed E-state index contributed by atoms with van der Waals surface area (Å²) in [5, 5.41) is 2.62. The molecule has 52 valence electrons. The Hall–Kier alpha value is -1.19. The molecule has 0 aliphatic heterocycles. The molecular formula is C6H8BNO2. The van der Waals surface area contributed by atoms with Gasteiger partial charge < -0.3 is 9.64 Å². The van der Waals surface area contributed by atoms with Gasteiger partial charge in [-0.2, -0.15) is 0 Å². The van der Waals surface area contributed by atoms with Crippen molar-refractivity contribution in [2.24, 2.45) is 0 Å². The van der Waals surface area contributed by atoms with Crippen molar-refractivity contribution < 1.29 is 9.21 Å². The van der Waals surface area contributed by atoms with E-state index in [-0.39, 0.29) is 5.91 Å². The maximum absolute atomic E-state index is 10.9. The van der Waals surface area contributed by atoms with Crippen LogP contribution in [0.1, 0.15) is 10.6 Å². The van der Waals surface area contributed by atoms with Crippen LogP contribution < -0.4 is 5.23 Å². The molecule has 1 aromatic heterocycles. The van der Waals surface area contributed by atoms with Gasteiger partial charge in [0.1, 0.15) is 0 Å². The van der Waals surface area contributed by atoms with E-state index in [0.717, 1.165) is 0 Å². The highest BCUT2D eigenvalue weighted by Gasteiger charge is 2.04. The van der Waals surface area contributed by atoms with Crippen LogP contribution in [0.5, 0.6) is 0 Å². The molecule has 0 spiro atoms. The third-order valence-corrected chi connectivity index (χ3v) is 1.08. The van der Waals surface area contributed by atoms with Crippen LogP contribution in [0.2, 0.25) is 6.82 Å². The van der Waals surface area contributed by atoms with Crippen LogP contribution in [0, 0.1) is 0 Å². The Bertz CT molecular complexity index is 208. The number of carbonyl (C=O) groups excluding carboxylic acids is 1. The van der Waals surface area contributed by atoms with Crippen LogP contribution in [0.3, 0.4) is 0 Å². The van der Waals surface area contributed by atoms with Gasteiger partial charge in [-0.3, -0.25) is 4.79 Å². The van der Waals surface area contributed by atoms with E-state index in [4.69, 9.17) is 4.42 Å². The summed E-state index contributed by atoms with van der Waals surface area (Å²) in [6.07, 6.45) is 1.48. The van der Waals surface area contributed by atoms with Gasteiger partial charge >= 0.3 is 0 Å². The summed E-state index contributed by atoms with van der Waals surface area (Å²) in [4.78, 5) is 10.9. The lowest BCUT2D eigenvalue weighted by atomic mass is 10.0. The van der Waals surface area contributed by atoms with Crippen molar-refractivity contribution in [3.05, 3.63) is 24.2 Å². The maximum atomic E-state index is 10.9. The summed E-state index contributed by atoms with van der Waals surface area (Å²) in [6.45, 7) is 1.86. The van der Waals surface area contributed by atoms with E-state index in [1.807, 2.05) is 6.82 Å². The molecule has 0 aliphatic rings. The fourth-order valence-corrected chi connectivity index (χ4v) is 0.655. The second-order valence-corrected chi connectivity index (χ2v) is 1.84. The van der Waals surface area contributed by atoms with Gasteiger partial charge in [-0.1, -0.05) is 6.82 Å². The molecule has 0 atom stereocenters. The van der Waals surface area contributed by atoms with Crippen molar-refractivity contribution in [2.45, 2.75) is 6.82 Å². The minimum absolute atomic E-state index is 0.160. The molecule has 1 aromatic rings. The minimum Gasteiger partial charge on any atom is -0.459 e. The molecule has 0 radical (unpaired) electrons. The first-order chi connectivity index (χ1) is 4.84. The number of hydrogen-bond acceptors (Lipinski definition) is 2. The smallest absolute Gasteiger partial charge is 0.274 e. The molecule has 4 heteroatoms. The fraction of sp³-hybridized carbons (Fsp3) is 0.167. The van der Waals surface area contributed by atoms with Crippen LogP contribution in [-0.2, 0) is 0 Å². The first-order valence-corrected chi connectivity index (χ1v) is 3.16. The Morgan fingerprint density at radius 1 is 1.80 bits per heavy atom. The molecular weight excluding hydrogens is 129 g/mol. The Morgan fingerprint density at radius 3 is 3.10 bits per heavy atom. The zero-order chi connectivity index (χ0) is 7.40. The molecule has 1 rings (SSSR count). The summed E-state index contributed by atoms with van der Waals surface area (Å²) in [5.41, 5.74) is 0. The summed E-state index contributed by atoms with van der Waals surface area (Å²) >= 11 is 0. The second-order valence-electron chi connectivity index (χ2n) is 1.84. The molecule has 0 fully saturated rings. The van der Waals surface area contributed by atoms with Crippen LogP contribution in [0.25, 0.3) is 0 Å². The molecule has 1 amide bonds. The van der Waals surface area contributed by atoms with Gasteiger partial charge in [-0.05, 0) is 12.1 Å². The van der Waals surface area contributed by atoms with Crippen molar-refractivity contribution in [2.75, 3.05) is 0 Å². The van der Waals surface area contributed by atoms with Crippen LogP contribution >= 0.6 is 0 Å². The lowest BCUT2D eigenvalue weighted by molar-refractivity contribution is 0.0953. The molecule has 0 saturated heterocycles. The van der Waals surface area contributed by atoms with E-state index in [9.17, 15) is 4.79 Å².